The second kappa shape index (κ2) is 9.86. The lowest BCUT2D eigenvalue weighted by atomic mass is 9.97. The molecule has 0 spiro atoms. The molecule has 2 aliphatic rings. The quantitative estimate of drug-likeness (QED) is 0.391. The molecule has 6 nitrogen and oxygen atoms in total. The molecule has 3 aromatic rings. The van der Waals surface area contributed by atoms with E-state index in [2.05, 4.69) is 6.92 Å². The number of hydrogen-bond donors (Lipinski definition) is 0. The number of ether oxygens (including phenoxy) is 2. The third-order valence-corrected chi connectivity index (χ3v) is 7.20. The number of fused-ring (bicyclic) bond motifs is 2. The van der Waals surface area contributed by atoms with Crippen LogP contribution in [0, 0.1) is 13.8 Å². The van der Waals surface area contributed by atoms with Crippen LogP contribution in [0.3, 0.4) is 0 Å². The van der Waals surface area contributed by atoms with Crippen molar-refractivity contribution in [3.63, 3.8) is 0 Å². The number of carbonyl (C=O) groups excluding carboxylic acids is 1. The minimum Gasteiger partial charge on any atom is -0.494 e. The molecule has 2 aromatic carbocycles. The van der Waals surface area contributed by atoms with Crippen LogP contribution in [-0.2, 0) is 4.74 Å². The van der Waals surface area contributed by atoms with Crippen molar-refractivity contribution in [2.45, 2.75) is 65.0 Å². The molecule has 2 unspecified atom stereocenters. The number of rotatable bonds is 8. The summed E-state index contributed by atoms with van der Waals surface area (Å²) in [5, 5.41) is 0.510. The van der Waals surface area contributed by atoms with Crippen LogP contribution in [0.5, 0.6) is 5.75 Å². The van der Waals surface area contributed by atoms with E-state index in [0.717, 1.165) is 54.5 Å². The predicted octanol–water partition coefficient (Wildman–Crippen LogP) is 5.70. The first-order valence-electron chi connectivity index (χ1n) is 12.7. The van der Waals surface area contributed by atoms with Crippen LogP contribution in [0.1, 0.15) is 77.9 Å². The van der Waals surface area contributed by atoms with Crippen LogP contribution in [0.2, 0.25) is 0 Å². The van der Waals surface area contributed by atoms with Crippen molar-refractivity contribution < 1.29 is 18.7 Å². The standard InChI is InChI=1S/C29H33NO5/c1-4-5-6-12-33-21-10-7-9-20(16-21)26-25-27(31)23-14-18(2)19(3)15-24(23)35-28(25)29(32)30(26)17-22-11-8-13-34-22/h7,9-10,14-16,22,26H,4-6,8,11-13,17H2,1-3H3. The third kappa shape index (κ3) is 4.47. The van der Waals surface area contributed by atoms with Gasteiger partial charge in [0.25, 0.3) is 5.91 Å². The minimum atomic E-state index is -0.539. The van der Waals surface area contributed by atoms with Crippen molar-refractivity contribution in [3.8, 4) is 5.75 Å². The average Bonchev–Trinajstić information content (AvgIpc) is 3.46. The van der Waals surface area contributed by atoms with Gasteiger partial charge in [0.15, 0.2) is 5.43 Å². The van der Waals surface area contributed by atoms with Gasteiger partial charge in [0, 0.05) is 13.2 Å². The molecular weight excluding hydrogens is 442 g/mol. The Balaban J connectivity index is 1.60. The van der Waals surface area contributed by atoms with Crippen LogP contribution in [0.25, 0.3) is 11.0 Å². The first kappa shape index (κ1) is 23.6. The van der Waals surface area contributed by atoms with Crippen LogP contribution in [0.15, 0.2) is 45.6 Å². The largest absolute Gasteiger partial charge is 0.494 e. The molecule has 0 saturated carbocycles. The molecule has 2 aliphatic heterocycles. The average molecular weight is 476 g/mol. The summed E-state index contributed by atoms with van der Waals surface area (Å²) in [7, 11) is 0. The Labute approximate surface area is 205 Å². The summed E-state index contributed by atoms with van der Waals surface area (Å²) in [6.45, 7) is 7.88. The molecule has 1 fully saturated rings. The van der Waals surface area contributed by atoms with Gasteiger partial charge in [-0.05, 0) is 74.1 Å². The van der Waals surface area contributed by atoms with Crippen molar-refractivity contribution in [2.75, 3.05) is 19.8 Å². The molecule has 0 N–H and O–H groups in total. The highest BCUT2D eigenvalue weighted by atomic mass is 16.5. The number of aryl methyl sites for hydroxylation is 2. The Bertz CT molecular complexity index is 1300. The van der Waals surface area contributed by atoms with Crippen molar-refractivity contribution in [1.29, 1.82) is 0 Å². The number of carbonyl (C=O) groups is 1. The van der Waals surface area contributed by atoms with Gasteiger partial charge in [0.05, 0.1) is 29.7 Å². The molecule has 184 valence electrons. The fourth-order valence-corrected chi connectivity index (χ4v) is 5.13. The SMILES string of the molecule is CCCCCOc1cccc(C2c3c(oc4cc(C)c(C)cc4c3=O)C(=O)N2CC2CCCO2)c1. The van der Waals surface area contributed by atoms with E-state index in [9.17, 15) is 9.59 Å². The number of benzene rings is 2. The molecule has 0 aliphatic carbocycles. The Kier molecular flexibility index (Phi) is 6.65. The lowest BCUT2D eigenvalue weighted by Crippen LogP contribution is -2.36. The summed E-state index contributed by atoms with van der Waals surface area (Å²) in [6, 6.07) is 10.9. The maximum absolute atomic E-state index is 13.8. The molecule has 2 atom stereocenters. The van der Waals surface area contributed by atoms with Gasteiger partial charge in [-0.15, -0.1) is 0 Å². The van der Waals surface area contributed by atoms with Gasteiger partial charge in [0.1, 0.15) is 11.3 Å². The monoisotopic (exact) mass is 475 g/mol. The van der Waals surface area contributed by atoms with Gasteiger partial charge in [0.2, 0.25) is 5.76 Å². The Morgan fingerprint density at radius 1 is 1.09 bits per heavy atom. The number of nitrogens with zero attached hydrogens (tertiary/aromatic N) is 1. The molecule has 6 heteroatoms. The second-order valence-corrected chi connectivity index (χ2v) is 9.73. The zero-order valence-electron chi connectivity index (χ0n) is 20.8. The summed E-state index contributed by atoms with van der Waals surface area (Å²) in [4.78, 5) is 29.2. The maximum atomic E-state index is 13.8. The normalized spacial score (nSPS) is 19.5. The molecule has 35 heavy (non-hydrogen) atoms. The summed E-state index contributed by atoms with van der Waals surface area (Å²) < 4.78 is 18.0. The Morgan fingerprint density at radius 2 is 1.91 bits per heavy atom. The van der Waals surface area contributed by atoms with Gasteiger partial charge in [-0.3, -0.25) is 9.59 Å². The summed E-state index contributed by atoms with van der Waals surface area (Å²) >= 11 is 0. The fraction of sp³-hybridized carbons (Fsp3) is 0.448. The van der Waals surface area contributed by atoms with Gasteiger partial charge in [-0.1, -0.05) is 31.9 Å². The van der Waals surface area contributed by atoms with Crippen LogP contribution < -0.4 is 10.2 Å². The molecule has 1 amide bonds. The van der Waals surface area contributed by atoms with E-state index in [1.54, 1.807) is 4.90 Å². The van der Waals surface area contributed by atoms with Crippen molar-refractivity contribution in [3.05, 3.63) is 74.6 Å². The third-order valence-electron chi connectivity index (χ3n) is 7.20. The Hall–Kier alpha value is -3.12. The first-order valence-corrected chi connectivity index (χ1v) is 12.7. The number of unbranched alkanes of at least 4 members (excludes halogenated alkanes) is 2. The van der Waals surface area contributed by atoms with Crippen molar-refractivity contribution >= 4 is 16.9 Å². The lowest BCUT2D eigenvalue weighted by Gasteiger charge is -2.27. The minimum absolute atomic E-state index is 0.0433. The van der Waals surface area contributed by atoms with E-state index in [0.29, 0.717) is 36.3 Å². The number of amides is 1. The van der Waals surface area contributed by atoms with Crippen LogP contribution >= 0.6 is 0 Å². The number of hydrogen-bond acceptors (Lipinski definition) is 5. The topological polar surface area (TPSA) is 69.0 Å². The molecule has 0 radical (unpaired) electrons. The van der Waals surface area contributed by atoms with Crippen molar-refractivity contribution in [2.24, 2.45) is 0 Å². The van der Waals surface area contributed by atoms with E-state index in [1.165, 1.54) is 0 Å². The lowest BCUT2D eigenvalue weighted by molar-refractivity contribution is 0.0486. The molecule has 5 rings (SSSR count). The van der Waals surface area contributed by atoms with Gasteiger partial charge < -0.3 is 18.8 Å². The molecule has 0 bridgehead atoms. The van der Waals surface area contributed by atoms with E-state index in [4.69, 9.17) is 13.9 Å². The van der Waals surface area contributed by atoms with Crippen molar-refractivity contribution in [1.82, 2.24) is 4.90 Å². The summed E-state index contributed by atoms with van der Waals surface area (Å²) in [5.41, 5.74) is 3.60. The van der Waals surface area contributed by atoms with E-state index < -0.39 is 6.04 Å². The zero-order chi connectivity index (χ0) is 24.5. The smallest absolute Gasteiger partial charge is 0.291 e. The Morgan fingerprint density at radius 3 is 2.69 bits per heavy atom. The van der Waals surface area contributed by atoms with E-state index in [-0.39, 0.29) is 23.2 Å². The molecule has 1 saturated heterocycles. The second-order valence-electron chi connectivity index (χ2n) is 9.73. The van der Waals surface area contributed by atoms with Gasteiger partial charge >= 0.3 is 0 Å². The predicted molar refractivity (Wildman–Crippen MR) is 135 cm³/mol. The van der Waals surface area contributed by atoms with E-state index >= 15 is 0 Å². The van der Waals surface area contributed by atoms with Gasteiger partial charge in [-0.2, -0.15) is 0 Å². The van der Waals surface area contributed by atoms with Crippen LogP contribution in [0.4, 0.5) is 0 Å². The fourth-order valence-electron chi connectivity index (χ4n) is 5.13. The molecular formula is C29H33NO5. The summed E-state index contributed by atoms with van der Waals surface area (Å²) in [5.74, 6) is 0.628. The zero-order valence-corrected chi connectivity index (χ0v) is 20.8. The van der Waals surface area contributed by atoms with E-state index in [1.807, 2.05) is 50.2 Å². The molecule has 3 heterocycles. The molecule has 1 aromatic heterocycles. The highest BCUT2D eigenvalue weighted by molar-refractivity contribution is 5.99. The maximum Gasteiger partial charge on any atom is 0.291 e. The summed E-state index contributed by atoms with van der Waals surface area (Å²) in [6.07, 6.45) is 5.07. The highest BCUT2D eigenvalue weighted by Gasteiger charge is 2.44. The van der Waals surface area contributed by atoms with Crippen LogP contribution in [-0.4, -0.2) is 36.7 Å². The highest BCUT2D eigenvalue weighted by Crippen LogP contribution is 2.40. The first-order chi connectivity index (χ1) is 17.0. The van der Waals surface area contributed by atoms with Gasteiger partial charge in [-0.25, -0.2) is 0 Å².